The van der Waals surface area contributed by atoms with Gasteiger partial charge in [-0.05, 0) is 24.3 Å². The highest BCUT2D eigenvalue weighted by atomic mass is 16.5. The van der Waals surface area contributed by atoms with Gasteiger partial charge >= 0.3 is 0 Å². The monoisotopic (exact) mass is 364 g/mol. The van der Waals surface area contributed by atoms with Crippen molar-refractivity contribution < 1.29 is 14.1 Å². The molecule has 0 N–H and O–H groups in total. The molecule has 0 radical (unpaired) electrons. The Hall–Kier alpha value is -3.35. The number of carbonyl (C=O) groups is 1. The van der Waals surface area contributed by atoms with E-state index in [0.717, 1.165) is 17.1 Å². The number of fused-ring (bicyclic) bond motifs is 1. The van der Waals surface area contributed by atoms with Gasteiger partial charge in [0.05, 0.1) is 24.5 Å². The minimum atomic E-state index is -0.562. The van der Waals surface area contributed by atoms with Crippen molar-refractivity contribution >= 4 is 11.6 Å². The summed E-state index contributed by atoms with van der Waals surface area (Å²) in [5, 5.41) is 4.04. The van der Waals surface area contributed by atoms with Crippen LogP contribution in [0, 0.1) is 0 Å². The molecule has 1 amide bonds. The smallest absolute Gasteiger partial charge is 0.265 e. The lowest BCUT2D eigenvalue weighted by Crippen LogP contribution is -2.48. The molecule has 1 atom stereocenters. The first kappa shape index (κ1) is 17.1. The molecular weight excluding hydrogens is 344 g/mol. The van der Waals surface area contributed by atoms with Gasteiger partial charge in [-0.1, -0.05) is 23.4 Å². The number of anilines is 1. The molecule has 1 aromatic carbocycles. The van der Waals surface area contributed by atoms with Crippen molar-refractivity contribution in [1.82, 2.24) is 15.0 Å². The summed E-state index contributed by atoms with van der Waals surface area (Å²) in [6.07, 6.45) is 1.14. The number of aromatic nitrogens is 2. The third-order valence-electron chi connectivity index (χ3n) is 4.52. The molecule has 1 aliphatic rings. The Bertz CT molecular complexity index is 941. The zero-order chi connectivity index (χ0) is 18.8. The average Bonchev–Trinajstić information content (AvgIpc) is 3.16. The molecule has 7 nitrogen and oxygen atoms in total. The van der Waals surface area contributed by atoms with Gasteiger partial charge in [-0.25, -0.2) is 0 Å². The molecule has 7 heteroatoms. The lowest BCUT2D eigenvalue weighted by molar-refractivity contribution is -0.138. The third-order valence-corrected chi connectivity index (χ3v) is 4.52. The Balaban J connectivity index is 1.44. The van der Waals surface area contributed by atoms with Crippen molar-refractivity contribution in [3.05, 3.63) is 60.5 Å². The maximum Gasteiger partial charge on any atom is 0.265 e. The maximum absolute atomic E-state index is 12.8. The molecule has 0 fully saturated rings. The normalized spacial score (nSPS) is 15.8. The Labute approximate surface area is 157 Å². The van der Waals surface area contributed by atoms with E-state index in [1.54, 1.807) is 24.2 Å². The second-order valence-corrected chi connectivity index (χ2v) is 6.54. The van der Waals surface area contributed by atoms with Crippen LogP contribution in [0.1, 0.15) is 5.76 Å². The Morgan fingerprint density at radius 2 is 2.04 bits per heavy atom. The number of rotatable bonds is 4. The average molecular weight is 364 g/mol. The van der Waals surface area contributed by atoms with Crippen LogP contribution < -0.4 is 9.64 Å². The van der Waals surface area contributed by atoms with Gasteiger partial charge in [0.15, 0.2) is 11.9 Å². The van der Waals surface area contributed by atoms with Crippen LogP contribution in [0.3, 0.4) is 0 Å². The molecule has 3 aromatic rings. The summed E-state index contributed by atoms with van der Waals surface area (Å²) in [6.45, 7) is 0.805. The van der Waals surface area contributed by atoms with E-state index in [0.29, 0.717) is 24.5 Å². The molecule has 1 aliphatic heterocycles. The summed E-state index contributed by atoms with van der Waals surface area (Å²) in [5.74, 6) is 1.21. The minimum Gasteiger partial charge on any atom is -0.477 e. The lowest BCUT2D eigenvalue weighted by Gasteiger charge is -2.34. The number of pyridine rings is 1. The highest BCUT2D eigenvalue weighted by Gasteiger charge is 2.31. The third kappa shape index (κ3) is 3.48. The van der Waals surface area contributed by atoms with E-state index in [1.807, 2.05) is 54.4 Å². The summed E-state index contributed by atoms with van der Waals surface area (Å²) >= 11 is 0. The predicted molar refractivity (Wildman–Crippen MR) is 100 cm³/mol. The van der Waals surface area contributed by atoms with Crippen LogP contribution in [0.2, 0.25) is 0 Å². The van der Waals surface area contributed by atoms with Crippen molar-refractivity contribution in [2.45, 2.75) is 12.6 Å². The van der Waals surface area contributed by atoms with E-state index in [4.69, 9.17) is 9.26 Å². The first-order chi connectivity index (χ1) is 13.1. The van der Waals surface area contributed by atoms with Crippen molar-refractivity contribution in [3.63, 3.8) is 0 Å². The molecule has 1 unspecified atom stereocenters. The predicted octanol–water partition coefficient (Wildman–Crippen LogP) is 2.59. The minimum absolute atomic E-state index is 0.105. The zero-order valence-corrected chi connectivity index (χ0v) is 15.2. The van der Waals surface area contributed by atoms with E-state index in [2.05, 4.69) is 10.1 Å². The van der Waals surface area contributed by atoms with Crippen LogP contribution >= 0.6 is 0 Å². The first-order valence-electron chi connectivity index (χ1n) is 8.70. The van der Waals surface area contributed by atoms with E-state index >= 15 is 0 Å². The molecular formula is C20H20N4O3. The molecule has 3 heterocycles. The van der Waals surface area contributed by atoms with Crippen molar-refractivity contribution in [3.8, 4) is 17.1 Å². The Morgan fingerprint density at radius 1 is 1.22 bits per heavy atom. The molecule has 0 spiro atoms. The number of hydrogen-bond donors (Lipinski definition) is 0. The van der Waals surface area contributed by atoms with Crippen LogP contribution in [0.25, 0.3) is 11.4 Å². The van der Waals surface area contributed by atoms with Crippen LogP contribution in [0.4, 0.5) is 5.69 Å². The molecule has 0 aliphatic carbocycles. The maximum atomic E-state index is 12.8. The number of para-hydroxylation sites is 2. The second-order valence-electron chi connectivity index (χ2n) is 6.54. The van der Waals surface area contributed by atoms with Gasteiger partial charge in [-0.2, -0.15) is 0 Å². The molecule has 4 rings (SSSR count). The number of likely N-dealkylation sites (N-methyl/N-ethyl adjacent to an activating group) is 2. The number of hydrogen-bond acceptors (Lipinski definition) is 6. The van der Waals surface area contributed by atoms with Gasteiger partial charge in [0.2, 0.25) is 0 Å². The van der Waals surface area contributed by atoms with E-state index in [-0.39, 0.29) is 5.91 Å². The Morgan fingerprint density at radius 3 is 2.85 bits per heavy atom. The Kier molecular flexibility index (Phi) is 4.50. The summed E-state index contributed by atoms with van der Waals surface area (Å²) in [5.41, 5.74) is 2.36. The summed E-state index contributed by atoms with van der Waals surface area (Å²) < 4.78 is 11.3. The quantitative estimate of drug-likeness (QED) is 0.709. The van der Waals surface area contributed by atoms with Crippen molar-refractivity contribution in [1.29, 1.82) is 0 Å². The fourth-order valence-corrected chi connectivity index (χ4v) is 3.12. The van der Waals surface area contributed by atoms with E-state index < -0.39 is 6.10 Å². The van der Waals surface area contributed by atoms with Gasteiger partial charge in [-0.3, -0.25) is 9.78 Å². The summed E-state index contributed by atoms with van der Waals surface area (Å²) in [4.78, 5) is 20.7. The van der Waals surface area contributed by atoms with Gasteiger partial charge in [0.25, 0.3) is 5.91 Å². The second kappa shape index (κ2) is 7.11. The zero-order valence-electron chi connectivity index (χ0n) is 15.2. The summed E-state index contributed by atoms with van der Waals surface area (Å²) in [6, 6.07) is 15.1. The standard InChI is InChI=1S/C20H20N4O3/c1-23-13-19(26-18-9-4-3-8-17(18)23)20(25)24(2)12-14-11-16(22-27-14)15-7-5-6-10-21-15/h3-11,19H,12-13H2,1-2H3. The van der Waals surface area contributed by atoms with Crippen LogP contribution in [-0.4, -0.2) is 47.7 Å². The fourth-order valence-electron chi connectivity index (χ4n) is 3.12. The summed E-state index contributed by atoms with van der Waals surface area (Å²) in [7, 11) is 3.69. The highest BCUT2D eigenvalue weighted by molar-refractivity contribution is 5.83. The molecule has 0 saturated carbocycles. The van der Waals surface area contributed by atoms with E-state index in [9.17, 15) is 4.79 Å². The number of amides is 1. The fraction of sp³-hybridized carbons (Fsp3) is 0.250. The van der Waals surface area contributed by atoms with E-state index in [1.165, 1.54) is 0 Å². The van der Waals surface area contributed by atoms with Gasteiger partial charge in [-0.15, -0.1) is 0 Å². The highest BCUT2D eigenvalue weighted by Crippen LogP contribution is 2.32. The van der Waals surface area contributed by atoms with Gasteiger partial charge < -0.3 is 19.1 Å². The van der Waals surface area contributed by atoms with Crippen molar-refractivity contribution in [2.75, 3.05) is 25.5 Å². The van der Waals surface area contributed by atoms with Crippen LogP contribution in [-0.2, 0) is 11.3 Å². The SMILES string of the molecule is CN(Cc1cc(-c2ccccn2)no1)C(=O)C1CN(C)c2ccccc2O1. The number of nitrogens with zero attached hydrogens (tertiary/aromatic N) is 4. The molecule has 0 bridgehead atoms. The number of carbonyl (C=O) groups excluding carboxylic acids is 1. The topological polar surface area (TPSA) is 71.7 Å². The van der Waals surface area contributed by atoms with Crippen molar-refractivity contribution in [2.24, 2.45) is 0 Å². The lowest BCUT2D eigenvalue weighted by atomic mass is 10.2. The molecule has 0 saturated heterocycles. The van der Waals surface area contributed by atoms with Gasteiger partial charge in [0, 0.05) is 26.4 Å². The van der Waals surface area contributed by atoms with Crippen LogP contribution in [0.15, 0.2) is 59.3 Å². The molecule has 27 heavy (non-hydrogen) atoms. The number of benzene rings is 1. The molecule has 2 aromatic heterocycles. The largest absolute Gasteiger partial charge is 0.477 e. The first-order valence-corrected chi connectivity index (χ1v) is 8.70. The van der Waals surface area contributed by atoms with Gasteiger partial charge in [0.1, 0.15) is 11.4 Å². The number of ether oxygens (including phenoxy) is 1. The van der Waals surface area contributed by atoms with Crippen LogP contribution in [0.5, 0.6) is 5.75 Å². The molecule has 138 valence electrons.